The molecule has 2 aromatic rings. The first kappa shape index (κ1) is 13.1. The molecule has 0 fully saturated rings. The Morgan fingerprint density at radius 3 is 2.79 bits per heavy atom. The summed E-state index contributed by atoms with van der Waals surface area (Å²) in [6, 6.07) is 6.73. The maximum Gasteiger partial charge on any atom is 0.129 e. The minimum absolute atomic E-state index is 0.0282. The summed E-state index contributed by atoms with van der Waals surface area (Å²) in [7, 11) is 1.85. The van der Waals surface area contributed by atoms with Crippen molar-refractivity contribution in [1.29, 1.82) is 5.26 Å². The maximum atomic E-state index is 13.7. The summed E-state index contributed by atoms with van der Waals surface area (Å²) < 4.78 is 15.5. The highest BCUT2D eigenvalue weighted by Gasteiger charge is 2.13. The smallest absolute Gasteiger partial charge is 0.129 e. The van der Waals surface area contributed by atoms with Crippen molar-refractivity contribution in [3.05, 3.63) is 47.0 Å². The number of benzene rings is 1. The SMILES string of the molecule is Cc1c(F)cc(C#N)cc1NC(C)c1ccnn1C. The van der Waals surface area contributed by atoms with Gasteiger partial charge in [0.15, 0.2) is 0 Å². The van der Waals surface area contributed by atoms with Gasteiger partial charge in [-0.2, -0.15) is 10.4 Å². The molecule has 2 rings (SSSR count). The Kier molecular flexibility index (Phi) is 3.52. The third-order valence-corrected chi connectivity index (χ3v) is 3.15. The van der Waals surface area contributed by atoms with Gasteiger partial charge in [0, 0.05) is 24.5 Å². The molecule has 0 aliphatic rings. The number of nitriles is 1. The average Bonchev–Trinajstić information content (AvgIpc) is 2.80. The number of nitrogens with zero attached hydrogens (tertiary/aromatic N) is 3. The summed E-state index contributed by atoms with van der Waals surface area (Å²) in [5.41, 5.74) is 2.43. The Morgan fingerprint density at radius 2 is 2.21 bits per heavy atom. The lowest BCUT2D eigenvalue weighted by molar-refractivity contribution is 0.617. The van der Waals surface area contributed by atoms with Gasteiger partial charge < -0.3 is 5.32 Å². The first-order valence-electron chi connectivity index (χ1n) is 5.97. The lowest BCUT2D eigenvalue weighted by Gasteiger charge is -2.18. The number of nitrogens with one attached hydrogen (secondary N) is 1. The van der Waals surface area contributed by atoms with Crippen LogP contribution in [0.25, 0.3) is 0 Å². The van der Waals surface area contributed by atoms with Crippen molar-refractivity contribution in [2.75, 3.05) is 5.32 Å². The number of rotatable bonds is 3. The molecule has 1 heterocycles. The second-order valence-electron chi connectivity index (χ2n) is 4.49. The van der Waals surface area contributed by atoms with Crippen molar-refractivity contribution in [1.82, 2.24) is 9.78 Å². The molecule has 98 valence electrons. The van der Waals surface area contributed by atoms with Crippen LogP contribution in [0.3, 0.4) is 0 Å². The van der Waals surface area contributed by atoms with Crippen LogP contribution in [0.5, 0.6) is 0 Å². The standard InChI is InChI=1S/C14H15FN4/c1-9-12(15)6-11(8-16)7-13(9)18-10(2)14-4-5-17-19(14)3/h4-7,10,18H,1-3H3. The van der Waals surface area contributed by atoms with E-state index in [0.29, 0.717) is 16.8 Å². The van der Waals surface area contributed by atoms with Crippen LogP contribution in [0.15, 0.2) is 24.4 Å². The van der Waals surface area contributed by atoms with Gasteiger partial charge in [0.1, 0.15) is 5.82 Å². The molecule has 0 amide bonds. The monoisotopic (exact) mass is 258 g/mol. The van der Waals surface area contributed by atoms with E-state index in [4.69, 9.17) is 5.26 Å². The molecule has 0 bridgehead atoms. The predicted octanol–water partition coefficient (Wildman–Crippen LogP) is 2.91. The zero-order valence-electron chi connectivity index (χ0n) is 11.1. The number of anilines is 1. The van der Waals surface area contributed by atoms with E-state index < -0.39 is 0 Å². The molecule has 4 nitrogen and oxygen atoms in total. The zero-order chi connectivity index (χ0) is 14.0. The predicted molar refractivity (Wildman–Crippen MR) is 71.1 cm³/mol. The van der Waals surface area contributed by atoms with Crippen LogP contribution in [0.4, 0.5) is 10.1 Å². The van der Waals surface area contributed by atoms with E-state index in [1.54, 1.807) is 23.9 Å². The van der Waals surface area contributed by atoms with Crippen molar-refractivity contribution < 1.29 is 4.39 Å². The summed E-state index contributed by atoms with van der Waals surface area (Å²) >= 11 is 0. The van der Waals surface area contributed by atoms with Crippen LogP contribution in [0.1, 0.15) is 29.8 Å². The van der Waals surface area contributed by atoms with E-state index in [1.165, 1.54) is 6.07 Å². The minimum Gasteiger partial charge on any atom is -0.377 e. The zero-order valence-corrected chi connectivity index (χ0v) is 11.1. The maximum absolute atomic E-state index is 13.7. The van der Waals surface area contributed by atoms with Crippen LogP contribution in [0, 0.1) is 24.1 Å². The molecule has 0 saturated heterocycles. The topological polar surface area (TPSA) is 53.6 Å². The average molecular weight is 258 g/mol. The summed E-state index contributed by atoms with van der Waals surface area (Å²) in [5, 5.41) is 16.2. The number of hydrogen-bond donors (Lipinski definition) is 1. The highest BCUT2D eigenvalue weighted by Crippen LogP contribution is 2.25. The fourth-order valence-corrected chi connectivity index (χ4v) is 2.01. The van der Waals surface area contributed by atoms with Crippen LogP contribution in [0.2, 0.25) is 0 Å². The van der Waals surface area contributed by atoms with Gasteiger partial charge in [0.2, 0.25) is 0 Å². The van der Waals surface area contributed by atoms with E-state index in [2.05, 4.69) is 10.4 Å². The quantitative estimate of drug-likeness (QED) is 0.921. The summed E-state index contributed by atoms with van der Waals surface area (Å²) in [6.45, 7) is 3.65. The molecule has 1 atom stereocenters. The molecule has 0 aliphatic heterocycles. The highest BCUT2D eigenvalue weighted by atomic mass is 19.1. The first-order valence-corrected chi connectivity index (χ1v) is 5.97. The Labute approximate surface area is 111 Å². The number of hydrogen-bond acceptors (Lipinski definition) is 3. The van der Waals surface area contributed by atoms with Crippen LogP contribution >= 0.6 is 0 Å². The minimum atomic E-state index is -0.376. The molecule has 0 radical (unpaired) electrons. The molecule has 1 N–H and O–H groups in total. The fraction of sp³-hybridized carbons (Fsp3) is 0.286. The molecule has 0 saturated carbocycles. The van der Waals surface area contributed by atoms with Gasteiger partial charge in [-0.15, -0.1) is 0 Å². The Balaban J connectivity index is 2.31. The largest absolute Gasteiger partial charge is 0.377 e. The van der Waals surface area contributed by atoms with Crippen LogP contribution < -0.4 is 5.32 Å². The van der Waals surface area contributed by atoms with Gasteiger partial charge in [0.05, 0.1) is 23.4 Å². The molecule has 0 spiro atoms. The van der Waals surface area contributed by atoms with Crippen molar-refractivity contribution in [2.24, 2.45) is 7.05 Å². The molecule has 1 aromatic carbocycles. The van der Waals surface area contributed by atoms with Crippen LogP contribution in [-0.4, -0.2) is 9.78 Å². The summed E-state index contributed by atoms with van der Waals surface area (Å²) in [4.78, 5) is 0. The van der Waals surface area contributed by atoms with Gasteiger partial charge in [-0.25, -0.2) is 4.39 Å². The van der Waals surface area contributed by atoms with Crippen molar-refractivity contribution in [3.63, 3.8) is 0 Å². The van der Waals surface area contributed by atoms with E-state index in [0.717, 1.165) is 5.69 Å². The third kappa shape index (κ3) is 2.58. The van der Waals surface area contributed by atoms with Crippen molar-refractivity contribution in [3.8, 4) is 6.07 Å². The van der Waals surface area contributed by atoms with Gasteiger partial charge >= 0.3 is 0 Å². The first-order chi connectivity index (χ1) is 9.02. The molecular weight excluding hydrogens is 243 g/mol. The Hall–Kier alpha value is -2.35. The third-order valence-electron chi connectivity index (χ3n) is 3.15. The summed E-state index contributed by atoms with van der Waals surface area (Å²) in [6.07, 6.45) is 1.71. The summed E-state index contributed by atoms with van der Waals surface area (Å²) in [5.74, 6) is -0.376. The van der Waals surface area contributed by atoms with E-state index in [9.17, 15) is 4.39 Å². The van der Waals surface area contributed by atoms with Gasteiger partial charge in [0.25, 0.3) is 0 Å². The number of aryl methyl sites for hydroxylation is 1. The fourth-order valence-electron chi connectivity index (χ4n) is 2.01. The van der Waals surface area contributed by atoms with Crippen molar-refractivity contribution >= 4 is 5.69 Å². The molecule has 5 heteroatoms. The van der Waals surface area contributed by atoms with E-state index in [-0.39, 0.29) is 11.9 Å². The molecule has 1 aromatic heterocycles. The lowest BCUT2D eigenvalue weighted by Crippen LogP contribution is -2.12. The van der Waals surface area contributed by atoms with Gasteiger partial charge in [-0.3, -0.25) is 4.68 Å². The van der Waals surface area contributed by atoms with Gasteiger partial charge in [-0.1, -0.05) is 0 Å². The highest BCUT2D eigenvalue weighted by molar-refractivity contribution is 5.56. The molecular formula is C14H15FN4. The molecule has 19 heavy (non-hydrogen) atoms. The number of aromatic nitrogens is 2. The van der Waals surface area contributed by atoms with Crippen LogP contribution in [-0.2, 0) is 7.05 Å². The molecule has 0 aliphatic carbocycles. The molecule has 1 unspecified atom stereocenters. The van der Waals surface area contributed by atoms with Gasteiger partial charge in [-0.05, 0) is 32.0 Å². The second-order valence-corrected chi connectivity index (χ2v) is 4.49. The lowest BCUT2D eigenvalue weighted by atomic mass is 10.1. The Bertz CT molecular complexity index is 639. The number of halogens is 1. The second kappa shape index (κ2) is 5.11. The normalized spacial score (nSPS) is 11.9. The van der Waals surface area contributed by atoms with E-state index in [1.807, 2.05) is 26.1 Å². The van der Waals surface area contributed by atoms with E-state index >= 15 is 0 Å². The Morgan fingerprint density at radius 1 is 1.47 bits per heavy atom. The van der Waals surface area contributed by atoms with Crippen molar-refractivity contribution in [2.45, 2.75) is 19.9 Å².